The Morgan fingerprint density at radius 3 is 2.50 bits per heavy atom. The molecule has 0 aliphatic carbocycles. The van der Waals surface area contributed by atoms with Crippen LogP contribution < -0.4 is 0 Å². The van der Waals surface area contributed by atoms with Crippen LogP contribution in [0.3, 0.4) is 0 Å². The fourth-order valence-electron chi connectivity index (χ4n) is 1.65. The number of unbranched alkanes of at least 4 members (excludes halogenated alkanes) is 3. The molecule has 16 heavy (non-hydrogen) atoms. The van der Waals surface area contributed by atoms with Crippen molar-refractivity contribution in [3.63, 3.8) is 0 Å². The summed E-state index contributed by atoms with van der Waals surface area (Å²) in [4.78, 5) is 0. The van der Waals surface area contributed by atoms with Gasteiger partial charge in [-0.1, -0.05) is 31.1 Å². The van der Waals surface area contributed by atoms with Crippen LogP contribution >= 0.6 is 22.6 Å². The first-order valence-corrected chi connectivity index (χ1v) is 6.86. The van der Waals surface area contributed by atoms with Crippen LogP contribution in [-0.4, -0.2) is 5.11 Å². The third-order valence-corrected chi connectivity index (χ3v) is 3.36. The van der Waals surface area contributed by atoms with Crippen molar-refractivity contribution < 1.29 is 5.11 Å². The molecule has 1 atom stereocenters. The average molecular weight is 330 g/mol. The highest BCUT2D eigenvalue weighted by molar-refractivity contribution is 14.1. The summed E-state index contributed by atoms with van der Waals surface area (Å²) in [5.74, 6) is 0. The van der Waals surface area contributed by atoms with Gasteiger partial charge in [-0.2, -0.15) is 0 Å². The van der Waals surface area contributed by atoms with E-state index in [1.807, 2.05) is 30.3 Å². The van der Waals surface area contributed by atoms with Crippen molar-refractivity contribution in [2.24, 2.45) is 0 Å². The second-order valence-corrected chi connectivity index (χ2v) is 5.24. The first kappa shape index (κ1) is 13.7. The van der Waals surface area contributed by atoms with Gasteiger partial charge in [0.15, 0.2) is 0 Å². The maximum absolute atomic E-state index is 9.95. The molecule has 88 valence electrons. The highest BCUT2D eigenvalue weighted by Gasteiger charge is 2.06. The lowest BCUT2D eigenvalue weighted by Crippen LogP contribution is -1.97. The summed E-state index contributed by atoms with van der Waals surface area (Å²) in [7, 11) is 0. The van der Waals surface area contributed by atoms with Crippen LogP contribution in [0, 0.1) is 3.57 Å². The van der Waals surface area contributed by atoms with Crippen LogP contribution in [0.4, 0.5) is 0 Å². The fourth-order valence-corrected chi connectivity index (χ4v) is 2.01. The van der Waals surface area contributed by atoms with Crippen molar-refractivity contribution in [1.82, 2.24) is 0 Å². The van der Waals surface area contributed by atoms with E-state index in [2.05, 4.69) is 29.2 Å². The lowest BCUT2D eigenvalue weighted by Gasteiger charge is -2.10. The molecule has 1 aromatic carbocycles. The molecule has 0 aliphatic heterocycles. The molecule has 1 aromatic rings. The normalized spacial score (nSPS) is 12.4. The highest BCUT2D eigenvalue weighted by atomic mass is 127. The van der Waals surface area contributed by atoms with E-state index in [1.165, 1.54) is 16.4 Å². The Kier molecular flexibility index (Phi) is 6.73. The zero-order valence-corrected chi connectivity index (χ0v) is 11.7. The molecule has 0 bridgehead atoms. The molecule has 0 spiro atoms. The second-order valence-electron chi connectivity index (χ2n) is 3.99. The van der Waals surface area contributed by atoms with E-state index in [1.54, 1.807) is 0 Å². The Hall–Kier alpha value is -0.350. The maximum Gasteiger partial charge on any atom is 0.0790 e. The lowest BCUT2D eigenvalue weighted by molar-refractivity contribution is 0.163. The third kappa shape index (κ3) is 5.12. The molecular weight excluding hydrogens is 311 g/mol. The van der Waals surface area contributed by atoms with Gasteiger partial charge in [-0.15, -0.1) is 6.58 Å². The van der Waals surface area contributed by atoms with Gasteiger partial charge >= 0.3 is 0 Å². The van der Waals surface area contributed by atoms with Crippen LogP contribution in [0.2, 0.25) is 0 Å². The van der Waals surface area contributed by atoms with Crippen LogP contribution in [0.15, 0.2) is 36.9 Å². The molecule has 0 aliphatic rings. The van der Waals surface area contributed by atoms with Crippen molar-refractivity contribution in [2.45, 2.75) is 38.2 Å². The summed E-state index contributed by atoms with van der Waals surface area (Å²) in [5, 5.41) is 9.95. The van der Waals surface area contributed by atoms with Crippen molar-refractivity contribution in [3.05, 3.63) is 46.1 Å². The topological polar surface area (TPSA) is 20.2 Å². The summed E-state index contributed by atoms with van der Waals surface area (Å²) < 4.78 is 1.21. The first-order chi connectivity index (χ1) is 7.74. The monoisotopic (exact) mass is 330 g/mol. The number of rotatable bonds is 7. The summed E-state index contributed by atoms with van der Waals surface area (Å²) in [6, 6.07) is 8.10. The molecule has 0 saturated carbocycles. The standard InChI is InChI=1S/C14H19IO/c1-2-3-4-5-6-7-14(16)12-8-10-13(15)11-9-12/h2,8-11,14,16H,1,3-7H2. The Labute approximate surface area is 112 Å². The Morgan fingerprint density at radius 1 is 1.19 bits per heavy atom. The van der Waals surface area contributed by atoms with E-state index in [0.717, 1.165) is 24.8 Å². The summed E-state index contributed by atoms with van der Waals surface area (Å²) >= 11 is 2.27. The number of hydrogen-bond donors (Lipinski definition) is 1. The molecule has 0 amide bonds. The minimum absolute atomic E-state index is 0.305. The summed E-state index contributed by atoms with van der Waals surface area (Å²) in [6.45, 7) is 3.70. The van der Waals surface area contributed by atoms with E-state index >= 15 is 0 Å². The van der Waals surface area contributed by atoms with Gasteiger partial charge in [0.05, 0.1) is 6.10 Å². The number of aliphatic hydroxyl groups is 1. The molecule has 2 heteroatoms. The molecule has 1 nitrogen and oxygen atoms in total. The predicted molar refractivity (Wildman–Crippen MR) is 77.4 cm³/mol. The number of benzene rings is 1. The molecule has 1 unspecified atom stereocenters. The smallest absolute Gasteiger partial charge is 0.0790 e. The maximum atomic E-state index is 9.95. The minimum Gasteiger partial charge on any atom is -0.388 e. The van der Waals surface area contributed by atoms with E-state index < -0.39 is 0 Å². The molecule has 0 radical (unpaired) electrons. The number of halogens is 1. The van der Waals surface area contributed by atoms with Gasteiger partial charge in [0.2, 0.25) is 0 Å². The van der Waals surface area contributed by atoms with Gasteiger partial charge < -0.3 is 5.11 Å². The highest BCUT2D eigenvalue weighted by Crippen LogP contribution is 2.20. The molecule has 1 N–H and O–H groups in total. The predicted octanol–water partition coefficient (Wildman–Crippen LogP) is 4.46. The Balaban J connectivity index is 2.26. The van der Waals surface area contributed by atoms with Crippen molar-refractivity contribution >= 4 is 22.6 Å². The molecule has 1 rings (SSSR count). The van der Waals surface area contributed by atoms with Crippen molar-refractivity contribution in [2.75, 3.05) is 0 Å². The van der Waals surface area contributed by atoms with Gasteiger partial charge in [-0.05, 0) is 59.5 Å². The van der Waals surface area contributed by atoms with Crippen molar-refractivity contribution in [1.29, 1.82) is 0 Å². The zero-order valence-electron chi connectivity index (χ0n) is 9.53. The minimum atomic E-state index is -0.305. The quantitative estimate of drug-likeness (QED) is 0.445. The van der Waals surface area contributed by atoms with Gasteiger partial charge in [0.25, 0.3) is 0 Å². The largest absolute Gasteiger partial charge is 0.388 e. The zero-order chi connectivity index (χ0) is 11.8. The first-order valence-electron chi connectivity index (χ1n) is 5.78. The lowest BCUT2D eigenvalue weighted by atomic mass is 10.0. The van der Waals surface area contributed by atoms with Crippen LogP contribution in [0.5, 0.6) is 0 Å². The van der Waals surface area contributed by atoms with Gasteiger partial charge in [0.1, 0.15) is 0 Å². The van der Waals surface area contributed by atoms with Gasteiger partial charge in [-0.25, -0.2) is 0 Å². The second kappa shape index (κ2) is 7.85. The molecule has 0 saturated heterocycles. The summed E-state index contributed by atoms with van der Waals surface area (Å²) in [6.07, 6.45) is 7.03. The van der Waals surface area contributed by atoms with Crippen molar-refractivity contribution in [3.8, 4) is 0 Å². The Morgan fingerprint density at radius 2 is 1.88 bits per heavy atom. The molecular formula is C14H19IO. The number of allylic oxidation sites excluding steroid dienone is 1. The van der Waals surface area contributed by atoms with Crippen LogP contribution in [-0.2, 0) is 0 Å². The molecule has 0 fully saturated rings. The number of aliphatic hydroxyl groups excluding tert-OH is 1. The molecule has 0 heterocycles. The third-order valence-electron chi connectivity index (χ3n) is 2.64. The van der Waals surface area contributed by atoms with Crippen LogP contribution in [0.1, 0.15) is 43.8 Å². The van der Waals surface area contributed by atoms with Gasteiger partial charge in [-0.3, -0.25) is 0 Å². The average Bonchev–Trinajstić information content (AvgIpc) is 2.29. The SMILES string of the molecule is C=CCCCCCC(O)c1ccc(I)cc1. The van der Waals surface area contributed by atoms with E-state index in [-0.39, 0.29) is 6.10 Å². The van der Waals surface area contributed by atoms with Crippen LogP contribution in [0.25, 0.3) is 0 Å². The number of hydrogen-bond acceptors (Lipinski definition) is 1. The van der Waals surface area contributed by atoms with E-state index in [0.29, 0.717) is 0 Å². The summed E-state index contributed by atoms with van der Waals surface area (Å²) in [5.41, 5.74) is 1.03. The van der Waals surface area contributed by atoms with E-state index in [9.17, 15) is 5.11 Å². The Bertz CT molecular complexity index is 305. The van der Waals surface area contributed by atoms with E-state index in [4.69, 9.17) is 0 Å². The molecule has 0 aromatic heterocycles. The van der Waals surface area contributed by atoms with Gasteiger partial charge in [0, 0.05) is 3.57 Å². The fraction of sp³-hybridized carbons (Fsp3) is 0.429.